The average Bonchev–Trinajstić information content (AvgIpc) is 2.61. The van der Waals surface area contributed by atoms with Crippen molar-refractivity contribution in [3.8, 4) is 0 Å². The molecule has 0 spiro atoms. The molecule has 126 valence electrons. The van der Waals surface area contributed by atoms with Crippen LogP contribution in [-0.2, 0) is 16.1 Å². The SMILES string of the molecule is C=CCCOC(C)C(=O)NCc1ccc(N2CCSCC2)cc1. The number of hydrogen-bond donors (Lipinski definition) is 1. The van der Waals surface area contributed by atoms with Crippen molar-refractivity contribution in [1.29, 1.82) is 0 Å². The number of anilines is 1. The zero-order valence-corrected chi connectivity index (χ0v) is 14.6. The van der Waals surface area contributed by atoms with E-state index in [0.29, 0.717) is 13.2 Å². The lowest BCUT2D eigenvalue weighted by Crippen LogP contribution is -2.34. The van der Waals surface area contributed by atoms with Gasteiger partial charge in [-0.1, -0.05) is 18.2 Å². The average molecular weight is 334 g/mol. The van der Waals surface area contributed by atoms with Gasteiger partial charge in [0.2, 0.25) is 5.91 Å². The standard InChI is InChI=1S/C18H26N2O2S/c1-3-4-11-22-15(2)18(21)19-14-16-5-7-17(8-6-16)20-9-12-23-13-10-20/h3,5-8,15H,1,4,9-14H2,2H3,(H,19,21). The number of thioether (sulfide) groups is 1. The molecule has 1 aromatic carbocycles. The largest absolute Gasteiger partial charge is 0.370 e. The van der Waals surface area contributed by atoms with E-state index in [2.05, 4.69) is 41.1 Å². The lowest BCUT2D eigenvalue weighted by molar-refractivity contribution is -0.131. The van der Waals surface area contributed by atoms with Gasteiger partial charge in [-0.3, -0.25) is 4.79 Å². The third kappa shape index (κ3) is 5.92. The van der Waals surface area contributed by atoms with Gasteiger partial charge in [0.15, 0.2) is 0 Å². The van der Waals surface area contributed by atoms with Crippen LogP contribution in [0.2, 0.25) is 0 Å². The van der Waals surface area contributed by atoms with Crippen LogP contribution in [0, 0.1) is 0 Å². The normalized spacial score (nSPS) is 16.0. The zero-order chi connectivity index (χ0) is 16.5. The summed E-state index contributed by atoms with van der Waals surface area (Å²) in [5.41, 5.74) is 2.37. The topological polar surface area (TPSA) is 41.6 Å². The Hall–Kier alpha value is -1.46. The van der Waals surface area contributed by atoms with Crippen LogP contribution in [0.25, 0.3) is 0 Å². The Balaban J connectivity index is 1.76. The number of amides is 1. The summed E-state index contributed by atoms with van der Waals surface area (Å²) in [4.78, 5) is 14.4. The van der Waals surface area contributed by atoms with Crippen molar-refractivity contribution in [2.24, 2.45) is 0 Å². The number of nitrogens with zero attached hydrogens (tertiary/aromatic N) is 1. The highest BCUT2D eigenvalue weighted by Crippen LogP contribution is 2.19. The number of benzene rings is 1. The zero-order valence-electron chi connectivity index (χ0n) is 13.8. The van der Waals surface area contributed by atoms with Crippen LogP contribution >= 0.6 is 11.8 Å². The van der Waals surface area contributed by atoms with Gasteiger partial charge in [0.05, 0.1) is 6.61 Å². The molecule has 0 aromatic heterocycles. The fourth-order valence-corrected chi connectivity index (χ4v) is 3.29. The molecule has 1 heterocycles. The molecule has 0 aliphatic carbocycles. The van der Waals surface area contributed by atoms with E-state index in [1.165, 1.54) is 17.2 Å². The number of ether oxygens (including phenoxy) is 1. The molecule has 1 aliphatic heterocycles. The van der Waals surface area contributed by atoms with Gasteiger partial charge in [-0.25, -0.2) is 0 Å². The molecule has 0 saturated carbocycles. The smallest absolute Gasteiger partial charge is 0.249 e. The van der Waals surface area contributed by atoms with Gasteiger partial charge in [-0.15, -0.1) is 6.58 Å². The van der Waals surface area contributed by atoms with Gasteiger partial charge in [-0.05, 0) is 31.0 Å². The molecular formula is C18H26N2O2S. The first kappa shape index (κ1) is 17.9. The van der Waals surface area contributed by atoms with Crippen LogP contribution in [-0.4, -0.2) is 43.2 Å². The Bertz CT molecular complexity index is 498. The molecule has 5 heteroatoms. The van der Waals surface area contributed by atoms with E-state index in [0.717, 1.165) is 25.1 Å². The molecule has 2 rings (SSSR count). The quantitative estimate of drug-likeness (QED) is 0.586. The minimum absolute atomic E-state index is 0.0776. The monoisotopic (exact) mass is 334 g/mol. The van der Waals surface area contributed by atoms with E-state index in [9.17, 15) is 4.79 Å². The number of hydrogen-bond acceptors (Lipinski definition) is 4. The van der Waals surface area contributed by atoms with Crippen molar-refractivity contribution in [2.45, 2.75) is 26.0 Å². The maximum atomic E-state index is 12.0. The van der Waals surface area contributed by atoms with E-state index in [1.807, 2.05) is 11.8 Å². The first-order valence-corrected chi connectivity index (χ1v) is 9.28. The summed E-state index contributed by atoms with van der Waals surface area (Å²) < 4.78 is 5.44. The fourth-order valence-electron chi connectivity index (χ4n) is 2.38. The fraction of sp³-hybridized carbons (Fsp3) is 0.500. The maximum absolute atomic E-state index is 12.0. The summed E-state index contributed by atoms with van der Waals surface area (Å²) in [7, 11) is 0. The van der Waals surface area contributed by atoms with Crippen LogP contribution in [0.4, 0.5) is 5.69 Å². The predicted molar refractivity (Wildman–Crippen MR) is 98.1 cm³/mol. The first-order valence-electron chi connectivity index (χ1n) is 8.12. The Labute approximate surface area is 143 Å². The van der Waals surface area contributed by atoms with Gasteiger partial charge in [0.25, 0.3) is 0 Å². The van der Waals surface area contributed by atoms with Crippen molar-refractivity contribution >= 4 is 23.4 Å². The summed E-state index contributed by atoms with van der Waals surface area (Å²) in [5.74, 6) is 2.31. The molecule has 4 nitrogen and oxygen atoms in total. The molecule has 23 heavy (non-hydrogen) atoms. The Kier molecular flexibility index (Phi) is 7.49. The second kappa shape index (κ2) is 9.63. The summed E-state index contributed by atoms with van der Waals surface area (Å²) in [6.07, 6.45) is 2.11. The molecular weight excluding hydrogens is 308 g/mol. The van der Waals surface area contributed by atoms with E-state index < -0.39 is 6.10 Å². The van der Waals surface area contributed by atoms with Crippen LogP contribution in [0.15, 0.2) is 36.9 Å². The lowest BCUT2D eigenvalue weighted by Gasteiger charge is -2.28. The van der Waals surface area contributed by atoms with Gasteiger partial charge < -0.3 is 15.0 Å². The van der Waals surface area contributed by atoms with Crippen molar-refractivity contribution in [3.63, 3.8) is 0 Å². The van der Waals surface area contributed by atoms with E-state index in [4.69, 9.17) is 4.74 Å². The second-order valence-electron chi connectivity index (χ2n) is 5.57. The molecule has 0 radical (unpaired) electrons. The van der Waals surface area contributed by atoms with Crippen LogP contribution in [0.1, 0.15) is 18.9 Å². The Morgan fingerprint density at radius 2 is 2.09 bits per heavy atom. The third-order valence-electron chi connectivity index (χ3n) is 3.84. The summed E-state index contributed by atoms with van der Waals surface area (Å²) >= 11 is 2.01. The maximum Gasteiger partial charge on any atom is 0.249 e. The number of rotatable bonds is 8. The highest BCUT2D eigenvalue weighted by atomic mass is 32.2. The van der Waals surface area contributed by atoms with Crippen LogP contribution < -0.4 is 10.2 Å². The van der Waals surface area contributed by atoms with Crippen molar-refractivity contribution in [1.82, 2.24) is 5.32 Å². The van der Waals surface area contributed by atoms with Crippen LogP contribution in [0.5, 0.6) is 0 Å². The summed E-state index contributed by atoms with van der Waals surface area (Å²) in [5, 5.41) is 2.92. The Morgan fingerprint density at radius 3 is 2.74 bits per heavy atom. The highest BCUT2D eigenvalue weighted by molar-refractivity contribution is 7.99. The van der Waals surface area contributed by atoms with Gasteiger partial charge in [0.1, 0.15) is 6.10 Å². The van der Waals surface area contributed by atoms with Gasteiger partial charge in [0, 0.05) is 36.8 Å². The van der Waals surface area contributed by atoms with Crippen molar-refractivity contribution in [3.05, 3.63) is 42.5 Å². The molecule has 1 N–H and O–H groups in total. The molecule has 1 aromatic rings. The minimum Gasteiger partial charge on any atom is -0.370 e. The molecule has 1 unspecified atom stereocenters. The molecule has 1 amide bonds. The molecule has 1 saturated heterocycles. The number of carbonyl (C=O) groups excluding carboxylic acids is 1. The third-order valence-corrected chi connectivity index (χ3v) is 4.78. The van der Waals surface area contributed by atoms with Crippen molar-refractivity contribution in [2.75, 3.05) is 36.1 Å². The summed E-state index contributed by atoms with van der Waals surface area (Å²) in [6.45, 7) is 8.69. The van der Waals surface area contributed by atoms with E-state index in [-0.39, 0.29) is 5.91 Å². The second-order valence-corrected chi connectivity index (χ2v) is 6.80. The molecule has 1 atom stereocenters. The van der Waals surface area contributed by atoms with Gasteiger partial charge in [-0.2, -0.15) is 11.8 Å². The van der Waals surface area contributed by atoms with Gasteiger partial charge >= 0.3 is 0 Å². The van der Waals surface area contributed by atoms with Crippen molar-refractivity contribution < 1.29 is 9.53 Å². The predicted octanol–water partition coefficient (Wildman–Crippen LogP) is 2.84. The van der Waals surface area contributed by atoms with Crippen LogP contribution in [0.3, 0.4) is 0 Å². The lowest BCUT2D eigenvalue weighted by atomic mass is 10.2. The highest BCUT2D eigenvalue weighted by Gasteiger charge is 2.13. The summed E-state index contributed by atoms with van der Waals surface area (Å²) in [6, 6.07) is 8.45. The Morgan fingerprint density at radius 1 is 1.39 bits per heavy atom. The number of carbonyl (C=O) groups is 1. The number of nitrogens with one attached hydrogen (secondary N) is 1. The molecule has 1 aliphatic rings. The minimum atomic E-state index is -0.430. The molecule has 0 bridgehead atoms. The molecule has 1 fully saturated rings. The first-order chi connectivity index (χ1) is 11.2. The van der Waals surface area contributed by atoms with E-state index in [1.54, 1.807) is 13.0 Å². The van der Waals surface area contributed by atoms with E-state index >= 15 is 0 Å².